The number of hydrogen-bond donors (Lipinski definition) is 0. The van der Waals surface area contributed by atoms with Gasteiger partial charge in [-0.05, 0) is 18.8 Å². The first-order valence-electron chi connectivity index (χ1n) is 3.78. The molecular formula is C9H12O. The van der Waals surface area contributed by atoms with Gasteiger partial charge in [0, 0.05) is 19.3 Å². The van der Waals surface area contributed by atoms with Crippen LogP contribution >= 0.6 is 0 Å². The minimum absolute atomic E-state index is 0.419. The molecule has 1 aliphatic rings. The third-order valence-corrected chi connectivity index (χ3v) is 2.04. The lowest BCUT2D eigenvalue weighted by atomic mass is 10.0. The van der Waals surface area contributed by atoms with E-state index in [1.165, 1.54) is 0 Å². The highest BCUT2D eigenvalue weighted by Crippen LogP contribution is 2.25. The molecule has 0 aromatic rings. The zero-order chi connectivity index (χ0) is 7.40. The van der Waals surface area contributed by atoms with Gasteiger partial charge in [0.1, 0.15) is 5.78 Å². The molecule has 1 nitrogen and oxygen atoms in total. The Morgan fingerprint density at radius 3 is 3.00 bits per heavy atom. The summed E-state index contributed by atoms with van der Waals surface area (Å²) < 4.78 is 0. The third-order valence-electron chi connectivity index (χ3n) is 2.04. The van der Waals surface area contributed by atoms with E-state index in [2.05, 4.69) is 5.92 Å². The van der Waals surface area contributed by atoms with Crippen LogP contribution in [0.1, 0.15) is 32.1 Å². The quantitative estimate of drug-likeness (QED) is 0.529. The average molecular weight is 136 g/mol. The Morgan fingerprint density at radius 1 is 1.70 bits per heavy atom. The Balaban J connectivity index is 2.20. The van der Waals surface area contributed by atoms with Gasteiger partial charge >= 0.3 is 0 Å². The fourth-order valence-corrected chi connectivity index (χ4v) is 1.43. The van der Waals surface area contributed by atoms with Crippen molar-refractivity contribution in [1.29, 1.82) is 0 Å². The minimum Gasteiger partial charge on any atom is -0.300 e. The first-order valence-corrected chi connectivity index (χ1v) is 3.78. The summed E-state index contributed by atoms with van der Waals surface area (Å²) in [6.45, 7) is 0. The summed E-state index contributed by atoms with van der Waals surface area (Å²) in [4.78, 5) is 10.8. The van der Waals surface area contributed by atoms with E-state index in [0.717, 1.165) is 32.1 Å². The molecule has 0 bridgehead atoms. The van der Waals surface area contributed by atoms with Crippen molar-refractivity contribution >= 4 is 5.78 Å². The number of terminal acetylenes is 1. The van der Waals surface area contributed by atoms with Crippen molar-refractivity contribution in [2.45, 2.75) is 32.1 Å². The number of carbonyl (C=O) groups is 1. The largest absolute Gasteiger partial charge is 0.300 e. The van der Waals surface area contributed by atoms with Crippen LogP contribution in [0.15, 0.2) is 0 Å². The van der Waals surface area contributed by atoms with Crippen molar-refractivity contribution < 1.29 is 4.79 Å². The molecule has 0 saturated heterocycles. The van der Waals surface area contributed by atoms with E-state index in [1.807, 2.05) is 0 Å². The highest BCUT2D eigenvalue weighted by Gasteiger charge is 2.20. The van der Waals surface area contributed by atoms with Crippen LogP contribution in [0.3, 0.4) is 0 Å². The molecular weight excluding hydrogens is 124 g/mol. The Kier molecular flexibility index (Phi) is 2.50. The van der Waals surface area contributed by atoms with E-state index in [4.69, 9.17) is 6.42 Å². The average Bonchev–Trinajstić information content (AvgIpc) is 2.31. The highest BCUT2D eigenvalue weighted by molar-refractivity contribution is 5.80. The summed E-state index contributed by atoms with van der Waals surface area (Å²) in [5.74, 6) is 3.62. The van der Waals surface area contributed by atoms with Gasteiger partial charge in [-0.1, -0.05) is 0 Å². The van der Waals surface area contributed by atoms with Crippen LogP contribution in [0.5, 0.6) is 0 Å². The number of ketones is 1. The molecule has 1 aliphatic carbocycles. The molecule has 1 heteroatoms. The molecule has 54 valence electrons. The van der Waals surface area contributed by atoms with Crippen LogP contribution < -0.4 is 0 Å². The van der Waals surface area contributed by atoms with E-state index < -0.39 is 0 Å². The van der Waals surface area contributed by atoms with Crippen molar-refractivity contribution in [2.24, 2.45) is 5.92 Å². The molecule has 0 aromatic carbocycles. The van der Waals surface area contributed by atoms with E-state index in [9.17, 15) is 4.79 Å². The molecule has 1 rings (SSSR count). The van der Waals surface area contributed by atoms with Gasteiger partial charge in [0.25, 0.3) is 0 Å². The lowest BCUT2D eigenvalue weighted by Crippen LogP contribution is -1.93. The summed E-state index contributed by atoms with van der Waals surface area (Å²) in [6, 6.07) is 0. The molecule has 0 unspecified atom stereocenters. The second kappa shape index (κ2) is 3.41. The van der Waals surface area contributed by atoms with Crippen LogP contribution in [0.2, 0.25) is 0 Å². The lowest BCUT2D eigenvalue weighted by molar-refractivity contribution is -0.117. The van der Waals surface area contributed by atoms with Crippen LogP contribution in [-0.2, 0) is 4.79 Å². The molecule has 1 fully saturated rings. The van der Waals surface area contributed by atoms with E-state index in [-0.39, 0.29) is 0 Å². The van der Waals surface area contributed by atoms with Gasteiger partial charge in [0.15, 0.2) is 0 Å². The van der Waals surface area contributed by atoms with Crippen LogP contribution in [0, 0.1) is 18.3 Å². The topological polar surface area (TPSA) is 17.1 Å². The standard InChI is InChI=1S/C9H12O/c1-2-3-4-8-5-6-9(10)7-8/h1,8H,3-7H2/t8-/m0/s1. The molecule has 0 aromatic heterocycles. The number of hydrogen-bond acceptors (Lipinski definition) is 1. The zero-order valence-corrected chi connectivity index (χ0v) is 6.10. The first-order chi connectivity index (χ1) is 4.83. The summed E-state index contributed by atoms with van der Waals surface area (Å²) in [6.07, 6.45) is 9.62. The summed E-state index contributed by atoms with van der Waals surface area (Å²) >= 11 is 0. The van der Waals surface area contributed by atoms with Crippen LogP contribution in [-0.4, -0.2) is 5.78 Å². The second-order valence-electron chi connectivity index (χ2n) is 2.89. The molecule has 0 aliphatic heterocycles. The maximum Gasteiger partial charge on any atom is 0.133 e. The van der Waals surface area contributed by atoms with Crippen molar-refractivity contribution in [2.75, 3.05) is 0 Å². The summed E-state index contributed by atoms with van der Waals surface area (Å²) in [7, 11) is 0. The Hall–Kier alpha value is -0.770. The predicted octanol–water partition coefficient (Wildman–Crippen LogP) is 1.77. The van der Waals surface area contributed by atoms with Gasteiger partial charge in [-0.2, -0.15) is 0 Å². The van der Waals surface area contributed by atoms with Crippen molar-refractivity contribution in [1.82, 2.24) is 0 Å². The Morgan fingerprint density at radius 2 is 2.50 bits per heavy atom. The normalized spacial score (nSPS) is 24.7. The van der Waals surface area contributed by atoms with Crippen molar-refractivity contribution in [3.05, 3.63) is 0 Å². The Bertz CT molecular complexity index is 164. The lowest BCUT2D eigenvalue weighted by Gasteiger charge is -2.02. The summed E-state index contributed by atoms with van der Waals surface area (Å²) in [5, 5.41) is 0. The van der Waals surface area contributed by atoms with Gasteiger partial charge in [0.2, 0.25) is 0 Å². The molecule has 0 heterocycles. The maximum absolute atomic E-state index is 10.8. The SMILES string of the molecule is C#CCC[C@H]1CCC(=O)C1. The fraction of sp³-hybridized carbons (Fsp3) is 0.667. The molecule has 0 amide bonds. The molecule has 0 spiro atoms. The monoisotopic (exact) mass is 136 g/mol. The van der Waals surface area contributed by atoms with Crippen molar-refractivity contribution in [3.63, 3.8) is 0 Å². The van der Waals surface area contributed by atoms with Crippen molar-refractivity contribution in [3.8, 4) is 12.3 Å². The first kappa shape index (κ1) is 7.34. The third kappa shape index (κ3) is 1.88. The van der Waals surface area contributed by atoms with Gasteiger partial charge in [-0.3, -0.25) is 4.79 Å². The molecule has 0 N–H and O–H groups in total. The molecule has 1 atom stereocenters. The highest BCUT2D eigenvalue weighted by atomic mass is 16.1. The zero-order valence-electron chi connectivity index (χ0n) is 6.10. The van der Waals surface area contributed by atoms with Gasteiger partial charge in [0.05, 0.1) is 0 Å². The maximum atomic E-state index is 10.8. The summed E-state index contributed by atoms with van der Waals surface area (Å²) in [5.41, 5.74) is 0. The fourth-order valence-electron chi connectivity index (χ4n) is 1.43. The smallest absolute Gasteiger partial charge is 0.133 e. The number of Topliss-reactive ketones (excluding diaryl/α,β-unsaturated/α-hetero) is 1. The van der Waals surface area contributed by atoms with E-state index in [0.29, 0.717) is 11.7 Å². The van der Waals surface area contributed by atoms with E-state index in [1.54, 1.807) is 0 Å². The van der Waals surface area contributed by atoms with Crippen LogP contribution in [0.4, 0.5) is 0 Å². The minimum atomic E-state index is 0.419. The van der Waals surface area contributed by atoms with Crippen LogP contribution in [0.25, 0.3) is 0 Å². The van der Waals surface area contributed by atoms with Gasteiger partial charge < -0.3 is 0 Å². The van der Waals surface area contributed by atoms with Gasteiger partial charge in [-0.25, -0.2) is 0 Å². The van der Waals surface area contributed by atoms with Gasteiger partial charge in [-0.15, -0.1) is 12.3 Å². The molecule has 1 saturated carbocycles. The van der Waals surface area contributed by atoms with E-state index >= 15 is 0 Å². The molecule has 0 radical (unpaired) electrons. The number of carbonyl (C=O) groups excluding carboxylic acids is 1. The predicted molar refractivity (Wildman–Crippen MR) is 40.4 cm³/mol. The number of rotatable bonds is 2. The Labute approximate surface area is 61.8 Å². The second-order valence-corrected chi connectivity index (χ2v) is 2.89. The molecule has 10 heavy (non-hydrogen) atoms.